The van der Waals surface area contributed by atoms with Crippen LogP contribution in [0.25, 0.3) is 0 Å². The van der Waals surface area contributed by atoms with Crippen molar-refractivity contribution in [3.63, 3.8) is 0 Å². The topological polar surface area (TPSA) is 113 Å². The van der Waals surface area contributed by atoms with Crippen molar-refractivity contribution in [1.29, 1.82) is 0 Å². The number of benzene rings is 2. The van der Waals surface area contributed by atoms with Gasteiger partial charge in [0, 0.05) is 35.7 Å². The van der Waals surface area contributed by atoms with Crippen LogP contribution >= 0.6 is 18.7 Å². The smallest absolute Gasteiger partial charge is 0.253 e. The van der Waals surface area contributed by atoms with Crippen molar-refractivity contribution in [2.45, 2.75) is 18.9 Å². The first-order valence-electron chi connectivity index (χ1n) is 11.1. The molecular weight excluding hydrogens is 471 g/mol. The SMILES string of the molecule is CP(C)(=O)c1ccccc1Nc1nc(Nc2ccc(C(=O)N3CCC[C@@H](N)C3)cc2)ncc1Cl. The summed E-state index contributed by atoms with van der Waals surface area (Å²) in [6.07, 6.45) is 3.37. The molecule has 1 aliphatic heterocycles. The first-order chi connectivity index (χ1) is 16.2. The van der Waals surface area contributed by atoms with Gasteiger partial charge >= 0.3 is 0 Å². The van der Waals surface area contributed by atoms with Crippen molar-refractivity contribution in [2.24, 2.45) is 5.73 Å². The zero-order valence-corrected chi connectivity index (χ0v) is 20.8. The fraction of sp³-hybridized carbons (Fsp3) is 0.292. The van der Waals surface area contributed by atoms with Crippen LogP contribution in [0.4, 0.5) is 23.1 Å². The van der Waals surface area contributed by atoms with E-state index < -0.39 is 7.14 Å². The maximum atomic E-state index is 12.8. The Bertz CT molecular complexity index is 1230. The minimum absolute atomic E-state index is 0.0151. The molecule has 1 aliphatic rings. The molecule has 0 spiro atoms. The first-order valence-corrected chi connectivity index (χ1v) is 14.0. The van der Waals surface area contributed by atoms with Crippen molar-refractivity contribution < 1.29 is 9.36 Å². The van der Waals surface area contributed by atoms with Gasteiger partial charge in [-0.2, -0.15) is 4.98 Å². The molecule has 0 aliphatic carbocycles. The highest BCUT2D eigenvalue weighted by Gasteiger charge is 2.22. The third kappa shape index (κ3) is 5.76. The number of hydrogen-bond donors (Lipinski definition) is 3. The van der Waals surface area contributed by atoms with E-state index in [-0.39, 0.29) is 11.9 Å². The van der Waals surface area contributed by atoms with Gasteiger partial charge in [-0.05, 0) is 62.6 Å². The van der Waals surface area contributed by atoms with Gasteiger partial charge in [0.1, 0.15) is 12.2 Å². The summed E-state index contributed by atoms with van der Waals surface area (Å²) in [7, 11) is -2.50. The van der Waals surface area contributed by atoms with Crippen molar-refractivity contribution >= 4 is 53.1 Å². The van der Waals surface area contributed by atoms with Gasteiger partial charge in [-0.15, -0.1) is 0 Å². The lowest BCUT2D eigenvalue weighted by atomic mass is 10.1. The summed E-state index contributed by atoms with van der Waals surface area (Å²) in [5.41, 5.74) is 8.03. The number of hydrogen-bond acceptors (Lipinski definition) is 7. The maximum absolute atomic E-state index is 12.8. The Labute approximate surface area is 204 Å². The normalized spacial score (nSPS) is 16.2. The van der Waals surface area contributed by atoms with Crippen LogP contribution in [0, 0.1) is 0 Å². The highest BCUT2D eigenvalue weighted by Crippen LogP contribution is 2.38. The second kappa shape index (κ2) is 10.1. The molecule has 34 heavy (non-hydrogen) atoms. The van der Waals surface area contributed by atoms with Crippen LogP contribution in [0.3, 0.4) is 0 Å². The second-order valence-corrected chi connectivity index (χ2v) is 12.3. The van der Waals surface area contributed by atoms with E-state index >= 15 is 0 Å². The molecule has 0 radical (unpaired) electrons. The number of carbonyl (C=O) groups is 1. The molecule has 3 aromatic rings. The lowest BCUT2D eigenvalue weighted by Gasteiger charge is -2.30. The van der Waals surface area contributed by atoms with Crippen molar-refractivity contribution in [1.82, 2.24) is 14.9 Å². The average Bonchev–Trinajstić information content (AvgIpc) is 2.81. The summed E-state index contributed by atoms with van der Waals surface area (Å²) >= 11 is 6.32. The van der Waals surface area contributed by atoms with E-state index in [0.29, 0.717) is 39.9 Å². The molecule has 4 rings (SSSR count). The Morgan fingerprint density at radius 3 is 2.59 bits per heavy atom. The number of rotatable bonds is 6. The summed E-state index contributed by atoms with van der Waals surface area (Å²) in [5, 5.41) is 7.37. The molecular formula is C24H28ClN6O2P. The van der Waals surface area contributed by atoms with Gasteiger partial charge in [-0.25, -0.2) is 4.98 Å². The number of halogens is 1. The highest BCUT2D eigenvalue weighted by molar-refractivity contribution is 7.70. The second-order valence-electron chi connectivity index (χ2n) is 8.74. The molecule has 2 heterocycles. The number of nitrogens with one attached hydrogen (secondary N) is 2. The van der Waals surface area contributed by atoms with E-state index in [4.69, 9.17) is 17.3 Å². The van der Waals surface area contributed by atoms with E-state index in [1.165, 1.54) is 6.20 Å². The number of carbonyl (C=O) groups excluding carboxylic acids is 1. The van der Waals surface area contributed by atoms with Crippen molar-refractivity contribution in [3.05, 3.63) is 65.3 Å². The number of anilines is 4. The van der Waals surface area contributed by atoms with E-state index in [0.717, 1.165) is 25.1 Å². The molecule has 178 valence electrons. The molecule has 1 saturated heterocycles. The molecule has 1 atom stereocenters. The maximum Gasteiger partial charge on any atom is 0.253 e. The van der Waals surface area contributed by atoms with E-state index in [9.17, 15) is 9.36 Å². The Balaban J connectivity index is 1.49. The highest BCUT2D eigenvalue weighted by atomic mass is 35.5. The number of aromatic nitrogens is 2. The summed E-state index contributed by atoms with van der Waals surface area (Å²) < 4.78 is 12.7. The average molecular weight is 499 g/mol. The van der Waals surface area contributed by atoms with Crippen LogP contribution in [0.2, 0.25) is 5.02 Å². The minimum Gasteiger partial charge on any atom is -0.338 e. The van der Waals surface area contributed by atoms with Gasteiger partial charge in [0.15, 0.2) is 5.82 Å². The van der Waals surface area contributed by atoms with Gasteiger partial charge in [-0.1, -0.05) is 23.7 Å². The molecule has 1 fully saturated rings. The first kappa shape index (κ1) is 24.2. The number of likely N-dealkylation sites (tertiary alicyclic amines) is 1. The number of amides is 1. The van der Waals surface area contributed by atoms with Gasteiger partial charge < -0.3 is 25.8 Å². The zero-order chi connectivity index (χ0) is 24.3. The van der Waals surface area contributed by atoms with Crippen LogP contribution in [-0.4, -0.2) is 53.2 Å². The Morgan fingerprint density at radius 2 is 1.88 bits per heavy atom. The minimum atomic E-state index is -2.50. The lowest BCUT2D eigenvalue weighted by molar-refractivity contribution is 0.0709. The molecule has 0 bridgehead atoms. The van der Waals surface area contributed by atoms with Gasteiger partial charge in [-0.3, -0.25) is 4.79 Å². The Morgan fingerprint density at radius 1 is 1.15 bits per heavy atom. The molecule has 2 aromatic carbocycles. The number of para-hydroxylation sites is 1. The van der Waals surface area contributed by atoms with E-state index in [2.05, 4.69) is 20.6 Å². The summed E-state index contributed by atoms with van der Waals surface area (Å²) in [4.78, 5) is 23.3. The number of nitrogens with two attached hydrogens (primary N) is 1. The van der Waals surface area contributed by atoms with Crippen LogP contribution in [0.1, 0.15) is 23.2 Å². The summed E-state index contributed by atoms with van der Waals surface area (Å²) in [5.74, 6) is 0.716. The van der Waals surface area contributed by atoms with Gasteiger partial charge in [0.25, 0.3) is 5.91 Å². The number of piperidine rings is 1. The summed E-state index contributed by atoms with van der Waals surface area (Å²) in [6.45, 7) is 4.75. The summed E-state index contributed by atoms with van der Waals surface area (Å²) in [6, 6.07) is 14.6. The van der Waals surface area contributed by atoms with E-state index in [1.54, 1.807) is 30.4 Å². The van der Waals surface area contributed by atoms with Crippen LogP contribution in [0.15, 0.2) is 54.7 Å². The van der Waals surface area contributed by atoms with Crippen molar-refractivity contribution in [3.8, 4) is 0 Å². The fourth-order valence-corrected chi connectivity index (χ4v) is 5.19. The van der Waals surface area contributed by atoms with Crippen LogP contribution < -0.4 is 21.7 Å². The molecule has 1 aromatic heterocycles. The number of nitrogens with zero attached hydrogens (tertiary/aromatic N) is 3. The van der Waals surface area contributed by atoms with Gasteiger partial charge in [0.05, 0.1) is 11.9 Å². The molecule has 0 saturated carbocycles. The Kier molecular flexibility index (Phi) is 7.22. The molecule has 8 nitrogen and oxygen atoms in total. The Hall–Kier alpha value is -2.93. The molecule has 4 N–H and O–H groups in total. The molecule has 1 amide bonds. The fourth-order valence-electron chi connectivity index (χ4n) is 3.89. The predicted molar refractivity (Wildman–Crippen MR) is 139 cm³/mol. The zero-order valence-electron chi connectivity index (χ0n) is 19.2. The quantitative estimate of drug-likeness (QED) is 0.431. The third-order valence-electron chi connectivity index (χ3n) is 5.61. The van der Waals surface area contributed by atoms with E-state index in [1.807, 2.05) is 36.4 Å². The largest absolute Gasteiger partial charge is 0.338 e. The van der Waals surface area contributed by atoms with Crippen LogP contribution in [0.5, 0.6) is 0 Å². The monoisotopic (exact) mass is 498 g/mol. The molecule has 0 unspecified atom stereocenters. The van der Waals surface area contributed by atoms with Crippen molar-refractivity contribution in [2.75, 3.05) is 37.1 Å². The molecule has 10 heteroatoms. The van der Waals surface area contributed by atoms with Gasteiger partial charge in [0.2, 0.25) is 5.95 Å². The van der Waals surface area contributed by atoms with Crippen LogP contribution in [-0.2, 0) is 4.57 Å². The lowest BCUT2D eigenvalue weighted by Crippen LogP contribution is -2.45. The predicted octanol–water partition coefficient (Wildman–Crippen LogP) is 4.43. The standard InChI is InChI=1S/C24H28ClN6O2P/c1-34(2,33)21-8-4-3-7-20(21)29-22-19(25)14-27-24(30-22)28-18-11-9-16(10-12-18)23(32)31-13-5-6-17(26)15-31/h3-4,7-12,14,17H,5-6,13,15,26H2,1-2H3,(H2,27,28,29,30)/t17-/m1/s1. The third-order valence-corrected chi connectivity index (χ3v) is 7.44.